The van der Waals surface area contributed by atoms with Crippen molar-refractivity contribution in [2.45, 2.75) is 115 Å². The number of sulfonamides is 1. The van der Waals surface area contributed by atoms with Crippen molar-refractivity contribution in [1.82, 2.24) is 25.2 Å². The molecular weight excluding hydrogens is 698 g/mol. The molecule has 3 N–H and O–H groups in total. The summed E-state index contributed by atoms with van der Waals surface area (Å²) in [6.07, 6.45) is 0.395. The molecule has 1 aliphatic heterocycles. The van der Waals surface area contributed by atoms with Crippen molar-refractivity contribution in [2.24, 2.45) is 23.7 Å². The largest absolute Gasteiger partial charge is 0.379 e. The Morgan fingerprint density at radius 2 is 1.55 bits per heavy atom. The third-order valence-electron chi connectivity index (χ3n) is 10.1. The molecule has 4 amide bonds. The van der Waals surface area contributed by atoms with Crippen LogP contribution in [0.5, 0.6) is 0 Å². The second-order valence-electron chi connectivity index (χ2n) is 14.3. The molecule has 290 valence electrons. The monoisotopic (exact) mass is 757 g/mol. The van der Waals surface area contributed by atoms with Crippen LogP contribution in [0, 0.1) is 23.7 Å². The summed E-state index contributed by atoms with van der Waals surface area (Å²) in [5.74, 6) is -2.70. The molecule has 1 aromatic carbocycles. The molecule has 0 spiro atoms. The molecule has 1 heterocycles. The zero-order valence-electron chi connectivity index (χ0n) is 32.1. The predicted molar refractivity (Wildman–Crippen MR) is 197 cm³/mol. The normalized spacial score (nSPS) is 19.2. The molecule has 0 unspecified atom stereocenters. The summed E-state index contributed by atoms with van der Waals surface area (Å²) >= 11 is 5.89. The standard InChI is InChI=1S/C36H60ClN5O8S/c1-12-23(6)32(41(9)36(46)31(22(4)5)39-35(45)30(38-8)21(2)3)28(49-10)20-29(43)42-19-13-14-27(42)33(50-11)24(7)34(44)40-51(47,48)26-17-15-25(37)16-18-26/h15-18,21-24,27-28,30-33,38H,12-14,19-20H2,1-11H3,(H,39,45)(H,40,44)/t23-,24+,27-,28+,30-,31-,32-,33+/m0/s1. The van der Waals surface area contributed by atoms with E-state index >= 15 is 0 Å². The lowest BCUT2D eigenvalue weighted by Gasteiger charge is -2.41. The third-order valence-corrected chi connectivity index (χ3v) is 11.7. The van der Waals surface area contributed by atoms with E-state index < -0.39 is 58.2 Å². The van der Waals surface area contributed by atoms with Crippen LogP contribution in [-0.4, -0.2) is 113 Å². The van der Waals surface area contributed by atoms with E-state index in [4.69, 9.17) is 21.1 Å². The molecule has 0 aliphatic carbocycles. The lowest BCUT2D eigenvalue weighted by Crippen LogP contribution is -2.59. The van der Waals surface area contributed by atoms with Gasteiger partial charge in [-0.1, -0.05) is 66.5 Å². The number of nitrogens with one attached hydrogen (secondary N) is 3. The van der Waals surface area contributed by atoms with E-state index in [0.717, 1.165) is 0 Å². The molecule has 15 heteroatoms. The molecule has 1 saturated heterocycles. The van der Waals surface area contributed by atoms with Crippen molar-refractivity contribution in [1.29, 1.82) is 0 Å². The minimum atomic E-state index is -4.17. The van der Waals surface area contributed by atoms with Gasteiger partial charge in [0.25, 0.3) is 10.0 Å². The van der Waals surface area contributed by atoms with Crippen molar-refractivity contribution < 1.29 is 37.1 Å². The number of halogens is 1. The number of carbonyl (C=O) groups is 4. The fourth-order valence-corrected chi connectivity index (χ4v) is 8.14. The molecule has 51 heavy (non-hydrogen) atoms. The number of ether oxygens (including phenoxy) is 2. The van der Waals surface area contributed by atoms with Crippen LogP contribution in [0.15, 0.2) is 29.2 Å². The van der Waals surface area contributed by atoms with E-state index in [9.17, 15) is 27.6 Å². The van der Waals surface area contributed by atoms with Gasteiger partial charge >= 0.3 is 0 Å². The van der Waals surface area contributed by atoms with Gasteiger partial charge in [-0.3, -0.25) is 19.2 Å². The Kier molecular flexibility index (Phi) is 17.3. The number of methoxy groups -OCH3 is 2. The van der Waals surface area contributed by atoms with Gasteiger partial charge in [0.15, 0.2) is 0 Å². The first-order valence-electron chi connectivity index (χ1n) is 17.8. The average Bonchev–Trinajstić information content (AvgIpc) is 3.56. The van der Waals surface area contributed by atoms with Gasteiger partial charge in [0, 0.05) is 32.8 Å². The summed E-state index contributed by atoms with van der Waals surface area (Å²) in [6.45, 7) is 13.6. The zero-order valence-corrected chi connectivity index (χ0v) is 33.6. The number of amides is 4. The Bertz CT molecular complexity index is 1430. The molecule has 13 nitrogen and oxygen atoms in total. The number of rotatable bonds is 19. The highest BCUT2D eigenvalue weighted by molar-refractivity contribution is 7.90. The Morgan fingerprint density at radius 1 is 0.961 bits per heavy atom. The van der Waals surface area contributed by atoms with Crippen LogP contribution in [-0.2, 0) is 38.7 Å². The Balaban J connectivity index is 2.28. The number of likely N-dealkylation sites (N-methyl/N-ethyl adjacent to an activating group) is 2. The van der Waals surface area contributed by atoms with Crippen LogP contribution in [0.1, 0.15) is 74.1 Å². The minimum Gasteiger partial charge on any atom is -0.379 e. The third kappa shape index (κ3) is 11.4. The molecule has 0 bridgehead atoms. The molecule has 0 saturated carbocycles. The predicted octanol–water partition coefficient (Wildman–Crippen LogP) is 3.45. The van der Waals surface area contributed by atoms with E-state index in [1.807, 2.05) is 41.5 Å². The van der Waals surface area contributed by atoms with Gasteiger partial charge in [-0.15, -0.1) is 0 Å². The van der Waals surface area contributed by atoms with Crippen molar-refractivity contribution in [3.05, 3.63) is 29.3 Å². The maximum absolute atomic E-state index is 14.1. The Hall–Kier alpha value is -2.78. The Labute approximate surface area is 309 Å². The molecule has 1 aromatic rings. The summed E-state index contributed by atoms with van der Waals surface area (Å²) < 4.78 is 39.7. The van der Waals surface area contributed by atoms with Crippen molar-refractivity contribution in [3.63, 3.8) is 0 Å². The van der Waals surface area contributed by atoms with Crippen LogP contribution in [0.25, 0.3) is 0 Å². The number of nitrogens with zero attached hydrogens (tertiary/aromatic N) is 2. The summed E-state index contributed by atoms with van der Waals surface area (Å²) in [5, 5.41) is 6.34. The topological polar surface area (TPSA) is 163 Å². The first-order chi connectivity index (χ1) is 23.9. The van der Waals surface area contributed by atoms with Crippen molar-refractivity contribution >= 4 is 45.3 Å². The molecular formula is C36H60ClN5O8S. The number of hydrogen-bond donors (Lipinski definition) is 3. The van der Waals surface area contributed by atoms with Crippen LogP contribution >= 0.6 is 11.6 Å². The van der Waals surface area contributed by atoms with Gasteiger partial charge in [-0.25, -0.2) is 13.1 Å². The second kappa shape index (κ2) is 19.9. The minimum absolute atomic E-state index is 0.0132. The van der Waals surface area contributed by atoms with Gasteiger partial charge in [-0.05, 0) is 61.9 Å². The summed E-state index contributed by atoms with van der Waals surface area (Å²) in [7, 11) is 2.18. The van der Waals surface area contributed by atoms with E-state index in [-0.39, 0.29) is 46.8 Å². The lowest BCUT2D eigenvalue weighted by atomic mass is 9.89. The van der Waals surface area contributed by atoms with Gasteiger partial charge in [0.2, 0.25) is 23.6 Å². The second-order valence-corrected chi connectivity index (χ2v) is 16.4. The quantitative estimate of drug-likeness (QED) is 0.192. The number of hydrogen-bond acceptors (Lipinski definition) is 9. The van der Waals surface area contributed by atoms with Crippen molar-refractivity contribution in [2.75, 3.05) is 34.9 Å². The van der Waals surface area contributed by atoms with E-state index in [0.29, 0.717) is 30.8 Å². The maximum atomic E-state index is 14.1. The van der Waals surface area contributed by atoms with Gasteiger partial charge < -0.3 is 29.9 Å². The fourth-order valence-electron chi connectivity index (χ4n) is 6.95. The van der Waals surface area contributed by atoms with Crippen LogP contribution in [0.3, 0.4) is 0 Å². The van der Waals surface area contributed by atoms with Crippen LogP contribution in [0.2, 0.25) is 5.02 Å². The highest BCUT2D eigenvalue weighted by Gasteiger charge is 2.43. The lowest BCUT2D eigenvalue weighted by molar-refractivity contribution is -0.147. The molecule has 0 radical (unpaired) electrons. The molecule has 1 fully saturated rings. The first-order valence-corrected chi connectivity index (χ1v) is 19.6. The van der Waals surface area contributed by atoms with Gasteiger partial charge in [-0.2, -0.15) is 0 Å². The van der Waals surface area contributed by atoms with E-state index in [1.165, 1.54) is 38.5 Å². The van der Waals surface area contributed by atoms with Gasteiger partial charge in [0.05, 0.1) is 47.6 Å². The maximum Gasteiger partial charge on any atom is 0.264 e. The van der Waals surface area contributed by atoms with Gasteiger partial charge in [0.1, 0.15) is 6.04 Å². The number of likely N-dealkylation sites (tertiary alicyclic amines) is 1. The zero-order chi connectivity index (χ0) is 38.8. The first kappa shape index (κ1) is 44.4. The van der Waals surface area contributed by atoms with Crippen LogP contribution in [0.4, 0.5) is 0 Å². The molecule has 2 rings (SSSR count). The smallest absolute Gasteiger partial charge is 0.264 e. The van der Waals surface area contributed by atoms with E-state index in [1.54, 1.807) is 30.8 Å². The SMILES string of the molecule is CC[C@H](C)[C@@H]([C@@H](CC(=O)N1CCC[C@H]1[C@H](OC)[C@@H](C)C(=O)NS(=O)(=O)c1ccc(Cl)cc1)OC)N(C)C(=O)[C@@H](NC(=O)[C@@H](NC)C(C)C)C(C)C. The van der Waals surface area contributed by atoms with Crippen LogP contribution < -0.4 is 15.4 Å². The number of benzene rings is 1. The summed E-state index contributed by atoms with van der Waals surface area (Å²) in [5.41, 5.74) is 0. The molecule has 8 atom stereocenters. The summed E-state index contributed by atoms with van der Waals surface area (Å²) in [6, 6.07) is 3.20. The highest BCUT2D eigenvalue weighted by Crippen LogP contribution is 2.30. The molecule has 1 aliphatic rings. The average molecular weight is 758 g/mol. The summed E-state index contributed by atoms with van der Waals surface area (Å²) in [4.78, 5) is 57.7. The van der Waals surface area contributed by atoms with Crippen molar-refractivity contribution in [3.8, 4) is 0 Å². The van der Waals surface area contributed by atoms with E-state index in [2.05, 4.69) is 15.4 Å². The Morgan fingerprint density at radius 3 is 2.04 bits per heavy atom. The fraction of sp³-hybridized carbons (Fsp3) is 0.722. The highest BCUT2D eigenvalue weighted by atomic mass is 35.5. The molecule has 0 aromatic heterocycles. The number of carbonyl (C=O) groups excluding carboxylic acids is 4.